The lowest BCUT2D eigenvalue weighted by atomic mass is 10.0. The Labute approximate surface area is 169 Å². The van der Waals surface area contributed by atoms with Gasteiger partial charge in [0.15, 0.2) is 0 Å². The Hall–Kier alpha value is -3.03. The van der Waals surface area contributed by atoms with E-state index >= 15 is 0 Å². The second-order valence-electron chi connectivity index (χ2n) is 7.69. The minimum atomic E-state index is -1.05. The molecule has 2 heterocycles. The summed E-state index contributed by atoms with van der Waals surface area (Å²) in [5.41, 5.74) is 0.671. The zero-order valence-corrected chi connectivity index (χ0v) is 16.9. The van der Waals surface area contributed by atoms with Gasteiger partial charge in [0.25, 0.3) is 11.6 Å². The number of aliphatic imine (C=N–C) groups is 1. The summed E-state index contributed by atoms with van der Waals surface area (Å²) < 4.78 is 0.0812. The van der Waals surface area contributed by atoms with Crippen molar-refractivity contribution in [3.63, 3.8) is 0 Å². The van der Waals surface area contributed by atoms with Crippen LogP contribution in [0.2, 0.25) is 0 Å². The van der Waals surface area contributed by atoms with Crippen molar-refractivity contribution in [1.82, 2.24) is 9.91 Å². The summed E-state index contributed by atoms with van der Waals surface area (Å²) in [6, 6.07) is 13.2. The van der Waals surface area contributed by atoms with Crippen LogP contribution in [0.25, 0.3) is 10.8 Å². The van der Waals surface area contributed by atoms with Crippen LogP contribution in [0.3, 0.4) is 0 Å². The van der Waals surface area contributed by atoms with Crippen molar-refractivity contribution in [2.45, 2.75) is 19.3 Å². The smallest absolute Gasteiger partial charge is 0.396 e. The number of amidine groups is 1. The number of carboxylic acids is 1. The van der Waals surface area contributed by atoms with E-state index in [1.54, 1.807) is 13.1 Å². The van der Waals surface area contributed by atoms with Crippen molar-refractivity contribution in [2.75, 3.05) is 27.7 Å². The molecule has 29 heavy (non-hydrogen) atoms. The molecule has 0 aromatic heterocycles. The molecule has 1 saturated heterocycles. The van der Waals surface area contributed by atoms with Gasteiger partial charge in [-0.05, 0) is 29.7 Å². The van der Waals surface area contributed by atoms with Gasteiger partial charge in [-0.15, -0.1) is 5.01 Å². The van der Waals surface area contributed by atoms with E-state index in [2.05, 4.69) is 4.99 Å². The fraction of sp³-hybridized carbons (Fsp3) is 0.318. The van der Waals surface area contributed by atoms with E-state index < -0.39 is 5.97 Å². The second-order valence-corrected chi connectivity index (χ2v) is 7.69. The summed E-state index contributed by atoms with van der Waals surface area (Å²) in [5.74, 6) is -0.309. The van der Waals surface area contributed by atoms with Gasteiger partial charge in [-0.1, -0.05) is 36.4 Å². The summed E-state index contributed by atoms with van der Waals surface area (Å²) in [6.45, 7) is 0.632. The van der Waals surface area contributed by atoms with Crippen LogP contribution in [0.5, 0.6) is 0 Å². The zero-order chi connectivity index (χ0) is 20.8. The number of rotatable bonds is 4. The first-order chi connectivity index (χ1) is 13.9. The number of carboxylic acid groups (broad SMARTS) is 1. The zero-order valence-electron chi connectivity index (χ0n) is 16.9. The first-order valence-corrected chi connectivity index (χ1v) is 9.76. The molecule has 4 rings (SSSR count). The van der Waals surface area contributed by atoms with Crippen molar-refractivity contribution in [3.05, 3.63) is 59.5 Å². The van der Waals surface area contributed by atoms with Gasteiger partial charge in [0.2, 0.25) is 11.7 Å². The van der Waals surface area contributed by atoms with E-state index in [0.29, 0.717) is 12.1 Å². The molecule has 1 amide bonds. The molecule has 1 unspecified atom stereocenters. The molecule has 0 spiro atoms. The normalized spacial score (nSPS) is 21.3. The molecule has 0 saturated carbocycles. The predicted octanol–water partition coefficient (Wildman–Crippen LogP) is 3.05. The van der Waals surface area contributed by atoms with E-state index in [1.807, 2.05) is 55.5 Å². The maximum atomic E-state index is 13.4. The van der Waals surface area contributed by atoms with E-state index in [1.165, 1.54) is 4.90 Å². The Morgan fingerprint density at radius 3 is 2.48 bits per heavy atom. The van der Waals surface area contributed by atoms with Crippen LogP contribution in [0.15, 0.2) is 59.0 Å². The number of hydrogen-bond donors (Lipinski definition) is 1. The third-order valence-corrected chi connectivity index (χ3v) is 5.90. The van der Waals surface area contributed by atoms with Gasteiger partial charge in [-0.25, -0.2) is 4.79 Å². The molecule has 2 aliphatic rings. The third kappa shape index (κ3) is 2.85. The molecular formula is C22H25N4O3+. The average molecular weight is 393 g/mol. The van der Waals surface area contributed by atoms with Crippen LogP contribution in [0.1, 0.15) is 29.6 Å². The lowest BCUT2D eigenvalue weighted by Crippen LogP contribution is -2.62. The number of quaternary nitrogens is 1. The molecule has 2 aromatic carbocycles. The molecule has 7 nitrogen and oxygen atoms in total. The van der Waals surface area contributed by atoms with Gasteiger partial charge in [0.05, 0.1) is 0 Å². The fourth-order valence-corrected chi connectivity index (χ4v) is 4.47. The highest BCUT2D eigenvalue weighted by molar-refractivity contribution is 6.08. The molecule has 150 valence electrons. The Bertz CT molecular complexity index is 1070. The quantitative estimate of drug-likeness (QED) is 0.811. The Kier molecular flexibility index (Phi) is 4.72. The molecule has 1 N–H and O–H groups in total. The highest BCUT2D eigenvalue weighted by Gasteiger charge is 2.54. The first kappa shape index (κ1) is 19.3. The van der Waals surface area contributed by atoms with Crippen LogP contribution in [0.4, 0.5) is 0 Å². The average Bonchev–Trinajstić information content (AvgIpc) is 3.09. The van der Waals surface area contributed by atoms with Crippen LogP contribution < -0.4 is 0 Å². The highest BCUT2D eigenvalue weighted by atomic mass is 16.4. The summed E-state index contributed by atoms with van der Waals surface area (Å²) in [4.78, 5) is 31.8. The van der Waals surface area contributed by atoms with Crippen molar-refractivity contribution >= 4 is 28.5 Å². The van der Waals surface area contributed by atoms with Crippen LogP contribution in [0, 0.1) is 0 Å². The number of amides is 1. The standard InChI is InChI=1S/C22H24N4O3/c1-24(2)26-14-7-6-13-18(26)23-20(19(26)22(28)29)25(3)21(27)17-12-8-10-15-9-4-5-11-16(15)17/h4-5,8-12H,6-7,13-14H2,1-3H3/p+1. The minimum absolute atomic E-state index is 0.0812. The predicted molar refractivity (Wildman–Crippen MR) is 111 cm³/mol. The molecule has 2 aliphatic heterocycles. The topological polar surface area (TPSA) is 73.2 Å². The largest absolute Gasteiger partial charge is 0.474 e. The van der Waals surface area contributed by atoms with E-state index in [9.17, 15) is 14.7 Å². The van der Waals surface area contributed by atoms with Crippen molar-refractivity contribution in [1.29, 1.82) is 0 Å². The molecule has 0 bridgehead atoms. The Morgan fingerprint density at radius 2 is 1.76 bits per heavy atom. The number of fused-ring (bicyclic) bond motifs is 2. The van der Waals surface area contributed by atoms with Gasteiger partial charge in [-0.3, -0.25) is 9.69 Å². The van der Waals surface area contributed by atoms with E-state index in [-0.39, 0.29) is 22.0 Å². The Balaban J connectivity index is 1.84. The summed E-state index contributed by atoms with van der Waals surface area (Å²) >= 11 is 0. The number of carbonyl (C=O) groups excluding carboxylic acids is 1. The molecule has 7 heteroatoms. The molecule has 2 aromatic rings. The fourth-order valence-electron chi connectivity index (χ4n) is 4.47. The third-order valence-electron chi connectivity index (χ3n) is 5.90. The van der Waals surface area contributed by atoms with Crippen molar-refractivity contribution < 1.29 is 19.3 Å². The van der Waals surface area contributed by atoms with Gasteiger partial charge in [0.1, 0.15) is 6.54 Å². The summed E-state index contributed by atoms with van der Waals surface area (Å²) in [7, 11) is 5.33. The summed E-state index contributed by atoms with van der Waals surface area (Å²) in [6.07, 6.45) is 2.59. The van der Waals surface area contributed by atoms with Gasteiger partial charge in [-0.2, -0.15) is 9.58 Å². The highest BCUT2D eigenvalue weighted by Crippen LogP contribution is 2.38. The lowest BCUT2D eigenvalue weighted by molar-refractivity contribution is -0.917. The monoisotopic (exact) mass is 393 g/mol. The molecule has 0 aliphatic carbocycles. The minimum Gasteiger partial charge on any atom is -0.474 e. The van der Waals surface area contributed by atoms with Crippen molar-refractivity contribution in [3.8, 4) is 0 Å². The van der Waals surface area contributed by atoms with E-state index in [4.69, 9.17) is 0 Å². The number of nitrogens with zero attached hydrogens (tertiary/aromatic N) is 4. The Morgan fingerprint density at radius 1 is 1.03 bits per heavy atom. The maximum Gasteiger partial charge on any atom is 0.396 e. The molecule has 1 atom stereocenters. The molecule has 0 radical (unpaired) electrons. The summed E-state index contributed by atoms with van der Waals surface area (Å²) in [5, 5.41) is 13.8. The molecular weight excluding hydrogens is 368 g/mol. The maximum absolute atomic E-state index is 13.4. The number of piperidine rings is 1. The molecule has 1 fully saturated rings. The first-order valence-electron chi connectivity index (χ1n) is 9.76. The van der Waals surface area contributed by atoms with Gasteiger partial charge in [0, 0.05) is 33.1 Å². The lowest BCUT2D eigenvalue weighted by Gasteiger charge is -2.41. The second kappa shape index (κ2) is 7.09. The van der Waals surface area contributed by atoms with Crippen LogP contribution in [-0.2, 0) is 4.79 Å². The van der Waals surface area contributed by atoms with E-state index in [0.717, 1.165) is 35.9 Å². The number of hydrogen-bond acceptors (Lipinski definition) is 4. The van der Waals surface area contributed by atoms with Gasteiger partial charge >= 0.3 is 5.97 Å². The number of benzene rings is 2. The van der Waals surface area contributed by atoms with Crippen LogP contribution in [-0.4, -0.2) is 65.0 Å². The van der Waals surface area contributed by atoms with Crippen molar-refractivity contribution in [2.24, 2.45) is 4.99 Å². The van der Waals surface area contributed by atoms with Gasteiger partial charge < -0.3 is 5.11 Å². The van der Waals surface area contributed by atoms with Crippen LogP contribution >= 0.6 is 0 Å². The SMILES string of the molecule is CN(C(=O)c1cccc2ccccc12)C1=C(C(=O)O)[N+]2(N(C)C)CCCCC2=N1. The number of carbonyl (C=O) groups is 2. The number of aliphatic carboxylic acids is 1.